The van der Waals surface area contributed by atoms with Gasteiger partial charge in [0.1, 0.15) is 12.1 Å². The van der Waals surface area contributed by atoms with E-state index in [1.54, 1.807) is 0 Å². The smallest absolute Gasteiger partial charge is 0.328 e. The molecule has 0 unspecified atom stereocenters. The lowest BCUT2D eigenvalue weighted by atomic mass is 9.98. The number of carbonyl (C=O) groups excluding carboxylic acids is 2. The summed E-state index contributed by atoms with van der Waals surface area (Å²) in [5.41, 5.74) is 16.3. The maximum Gasteiger partial charge on any atom is 0.328 e. The number of nitrogens with two attached hydrogens (primary N) is 3. The van der Waals surface area contributed by atoms with E-state index in [1.807, 2.05) is 13.8 Å². The summed E-state index contributed by atoms with van der Waals surface area (Å²) in [7, 11) is 0. The Hall–Kier alpha value is -2.40. The van der Waals surface area contributed by atoms with Crippen molar-refractivity contribution in [2.24, 2.45) is 28.1 Å². The number of hydrogen-bond donors (Lipinski definition) is 7. The Morgan fingerprint density at radius 1 is 1.12 bits per heavy atom. The second-order valence-corrected chi connectivity index (χ2v) is 6.00. The topological polar surface area (TPSA) is 206 Å². The standard InChI is InChI=1S/C15H30N6O5/c1-3-8(2)11(16)13(24)20-9(5-4-6-19-15(17)18)12(23)21-10(7-22)14(25)26/h8-11,22H,3-7,16H2,1-2H3,(H,20,24)(H,21,23)(H,25,26)(H4,17,18,19)/t8-,9-,10-,11-/m0/s1. The van der Waals surface area contributed by atoms with Crippen molar-refractivity contribution < 1.29 is 24.6 Å². The predicted molar refractivity (Wildman–Crippen MR) is 95.9 cm³/mol. The van der Waals surface area contributed by atoms with E-state index in [1.165, 1.54) is 0 Å². The molecule has 11 heteroatoms. The molecule has 0 heterocycles. The number of rotatable bonds is 12. The number of carbonyl (C=O) groups is 3. The van der Waals surface area contributed by atoms with Crippen LogP contribution in [0.25, 0.3) is 0 Å². The molecule has 0 aliphatic heterocycles. The van der Waals surface area contributed by atoms with Crippen molar-refractivity contribution in [3.63, 3.8) is 0 Å². The van der Waals surface area contributed by atoms with Gasteiger partial charge in [-0.25, -0.2) is 4.79 Å². The summed E-state index contributed by atoms with van der Waals surface area (Å²) in [5, 5.41) is 22.7. The molecule has 0 saturated heterocycles. The van der Waals surface area contributed by atoms with E-state index in [0.29, 0.717) is 12.8 Å². The van der Waals surface area contributed by atoms with E-state index in [0.717, 1.165) is 0 Å². The second kappa shape index (κ2) is 12.0. The molecular weight excluding hydrogens is 344 g/mol. The number of amides is 2. The molecule has 11 nitrogen and oxygen atoms in total. The molecule has 0 spiro atoms. The lowest BCUT2D eigenvalue weighted by Crippen LogP contribution is -2.56. The Labute approximate surface area is 152 Å². The van der Waals surface area contributed by atoms with Gasteiger partial charge in [0.05, 0.1) is 12.6 Å². The molecule has 0 aliphatic rings. The lowest BCUT2D eigenvalue weighted by Gasteiger charge is -2.24. The number of aliphatic hydroxyl groups is 1. The first-order valence-corrected chi connectivity index (χ1v) is 8.39. The maximum atomic E-state index is 12.3. The van der Waals surface area contributed by atoms with Gasteiger partial charge in [0.25, 0.3) is 0 Å². The Kier molecular flexibility index (Phi) is 10.9. The van der Waals surface area contributed by atoms with Gasteiger partial charge in [-0.1, -0.05) is 20.3 Å². The lowest BCUT2D eigenvalue weighted by molar-refractivity contribution is -0.143. The Balaban J connectivity index is 5.03. The molecule has 0 rings (SSSR count). The van der Waals surface area contributed by atoms with Crippen LogP contribution in [0.1, 0.15) is 33.1 Å². The second-order valence-electron chi connectivity index (χ2n) is 6.00. The summed E-state index contributed by atoms with van der Waals surface area (Å²) in [5.74, 6) is -2.83. The number of aliphatic carboxylic acids is 1. The predicted octanol–water partition coefficient (Wildman–Crippen LogP) is -2.54. The minimum absolute atomic E-state index is 0.0930. The van der Waals surface area contributed by atoms with Crippen molar-refractivity contribution in [1.82, 2.24) is 10.6 Å². The molecule has 0 fully saturated rings. The molecule has 0 aromatic heterocycles. The molecule has 0 saturated carbocycles. The maximum absolute atomic E-state index is 12.3. The van der Waals surface area contributed by atoms with E-state index < -0.39 is 42.5 Å². The number of carboxylic acids is 1. The van der Waals surface area contributed by atoms with Crippen molar-refractivity contribution in [3.05, 3.63) is 0 Å². The number of guanidine groups is 1. The zero-order valence-electron chi connectivity index (χ0n) is 15.1. The van der Waals surface area contributed by atoms with Crippen LogP contribution in [0.4, 0.5) is 0 Å². The third-order valence-corrected chi connectivity index (χ3v) is 3.94. The first-order valence-electron chi connectivity index (χ1n) is 8.39. The van der Waals surface area contributed by atoms with E-state index in [9.17, 15) is 14.4 Å². The molecule has 0 radical (unpaired) electrons. The minimum Gasteiger partial charge on any atom is -0.480 e. The van der Waals surface area contributed by atoms with Gasteiger partial charge < -0.3 is 38.0 Å². The number of aliphatic imine (C=N–C) groups is 1. The normalized spacial score (nSPS) is 15.2. The largest absolute Gasteiger partial charge is 0.480 e. The summed E-state index contributed by atoms with van der Waals surface area (Å²) in [6, 6.07) is -3.30. The summed E-state index contributed by atoms with van der Waals surface area (Å²) < 4.78 is 0. The molecular formula is C15H30N6O5. The fraction of sp³-hybridized carbons (Fsp3) is 0.733. The molecule has 26 heavy (non-hydrogen) atoms. The van der Waals surface area contributed by atoms with Gasteiger partial charge in [-0.05, 0) is 18.8 Å². The van der Waals surface area contributed by atoms with Crippen LogP contribution in [0.5, 0.6) is 0 Å². The summed E-state index contributed by atoms with van der Waals surface area (Å²) in [4.78, 5) is 39.3. The highest BCUT2D eigenvalue weighted by Gasteiger charge is 2.28. The number of hydrogen-bond acceptors (Lipinski definition) is 6. The van der Waals surface area contributed by atoms with Crippen LogP contribution in [0.3, 0.4) is 0 Å². The molecule has 150 valence electrons. The molecule has 0 bridgehead atoms. The van der Waals surface area contributed by atoms with Crippen molar-refractivity contribution in [2.45, 2.75) is 51.2 Å². The molecule has 10 N–H and O–H groups in total. The average molecular weight is 374 g/mol. The summed E-state index contributed by atoms with van der Waals surface area (Å²) >= 11 is 0. The summed E-state index contributed by atoms with van der Waals surface area (Å²) in [6.07, 6.45) is 1.21. The average Bonchev–Trinajstić information content (AvgIpc) is 2.59. The van der Waals surface area contributed by atoms with Crippen LogP contribution in [0.2, 0.25) is 0 Å². The van der Waals surface area contributed by atoms with Gasteiger partial charge in [-0.15, -0.1) is 0 Å². The van der Waals surface area contributed by atoms with Crippen LogP contribution < -0.4 is 27.8 Å². The molecule has 0 aromatic rings. The van der Waals surface area contributed by atoms with Gasteiger partial charge >= 0.3 is 5.97 Å². The zero-order valence-corrected chi connectivity index (χ0v) is 15.1. The number of nitrogens with zero attached hydrogens (tertiary/aromatic N) is 1. The molecule has 0 aliphatic carbocycles. The fourth-order valence-corrected chi connectivity index (χ4v) is 2.01. The van der Waals surface area contributed by atoms with Crippen molar-refractivity contribution >= 4 is 23.7 Å². The van der Waals surface area contributed by atoms with Crippen molar-refractivity contribution in [3.8, 4) is 0 Å². The van der Waals surface area contributed by atoms with Crippen LogP contribution in [0, 0.1) is 5.92 Å². The van der Waals surface area contributed by atoms with Crippen LogP contribution in [-0.4, -0.2) is 65.2 Å². The Bertz CT molecular complexity index is 509. The van der Waals surface area contributed by atoms with Gasteiger partial charge in [0, 0.05) is 6.54 Å². The summed E-state index contributed by atoms with van der Waals surface area (Å²) in [6.45, 7) is 3.16. The van der Waals surface area contributed by atoms with Crippen LogP contribution >= 0.6 is 0 Å². The van der Waals surface area contributed by atoms with E-state index >= 15 is 0 Å². The fourth-order valence-electron chi connectivity index (χ4n) is 2.01. The van der Waals surface area contributed by atoms with Crippen LogP contribution in [-0.2, 0) is 14.4 Å². The highest BCUT2D eigenvalue weighted by atomic mass is 16.4. The van der Waals surface area contributed by atoms with Gasteiger partial charge in [-0.2, -0.15) is 0 Å². The number of aliphatic hydroxyl groups excluding tert-OH is 1. The minimum atomic E-state index is -1.47. The number of nitrogens with one attached hydrogen (secondary N) is 2. The highest BCUT2D eigenvalue weighted by Crippen LogP contribution is 2.07. The molecule has 0 aromatic carbocycles. The quantitative estimate of drug-likeness (QED) is 0.110. The first-order chi connectivity index (χ1) is 12.1. The number of carboxylic acid groups (broad SMARTS) is 1. The SMILES string of the molecule is CC[C@H](C)[C@H](N)C(=O)N[C@@H](CCCN=C(N)N)C(=O)N[C@@H](CO)C(=O)O. The van der Waals surface area contributed by atoms with E-state index in [4.69, 9.17) is 27.4 Å². The first kappa shape index (κ1) is 23.6. The Morgan fingerprint density at radius 3 is 2.15 bits per heavy atom. The van der Waals surface area contributed by atoms with E-state index in [2.05, 4.69) is 15.6 Å². The monoisotopic (exact) mass is 374 g/mol. The van der Waals surface area contributed by atoms with Gasteiger partial charge in [0.15, 0.2) is 5.96 Å². The van der Waals surface area contributed by atoms with Gasteiger partial charge in [-0.3, -0.25) is 14.6 Å². The van der Waals surface area contributed by atoms with Crippen molar-refractivity contribution in [2.75, 3.05) is 13.2 Å². The molecule has 4 atom stereocenters. The third-order valence-electron chi connectivity index (χ3n) is 3.94. The van der Waals surface area contributed by atoms with Crippen molar-refractivity contribution in [1.29, 1.82) is 0 Å². The molecule has 2 amide bonds. The Morgan fingerprint density at radius 2 is 1.69 bits per heavy atom. The third kappa shape index (κ3) is 8.62. The zero-order chi connectivity index (χ0) is 20.3. The van der Waals surface area contributed by atoms with Crippen LogP contribution in [0.15, 0.2) is 4.99 Å². The van der Waals surface area contributed by atoms with Gasteiger partial charge in [0.2, 0.25) is 11.8 Å². The highest BCUT2D eigenvalue weighted by molar-refractivity contribution is 5.91. The van der Waals surface area contributed by atoms with E-state index in [-0.39, 0.29) is 24.8 Å².